The Kier molecular flexibility index (Phi) is 5.64. The molecule has 1 N–H and O–H groups in total. The van der Waals surface area contributed by atoms with Gasteiger partial charge in [0.25, 0.3) is 0 Å². The maximum Gasteiger partial charge on any atom is 0.215 e. The lowest BCUT2D eigenvalue weighted by Gasteiger charge is -2.14. The minimum Gasteiger partial charge on any atom is -0.478 e. The number of aromatic nitrogens is 1. The monoisotopic (exact) mass is 224 g/mol. The summed E-state index contributed by atoms with van der Waals surface area (Å²) in [6.07, 6.45) is 0. The normalized spacial score (nSPS) is 12.2. The standard InChI is InChI=1S/C12H20N2O2/c1-4-15-9-10(3)13-11-7-6-8-12(14-11)16-5-2/h6-8,10H,4-5,9H2,1-3H3,(H,13,14). The first-order valence-corrected chi connectivity index (χ1v) is 5.70. The Morgan fingerprint density at radius 1 is 1.31 bits per heavy atom. The SMILES string of the molecule is CCOCC(C)Nc1cccc(OCC)n1. The highest BCUT2D eigenvalue weighted by atomic mass is 16.5. The Balaban J connectivity index is 2.49. The van der Waals surface area contributed by atoms with Gasteiger partial charge in [0.15, 0.2) is 0 Å². The molecule has 0 amide bonds. The zero-order valence-electron chi connectivity index (χ0n) is 10.2. The molecule has 4 nitrogen and oxygen atoms in total. The first-order chi connectivity index (χ1) is 7.76. The van der Waals surface area contributed by atoms with E-state index in [1.807, 2.05) is 32.0 Å². The van der Waals surface area contributed by atoms with Crippen molar-refractivity contribution in [1.29, 1.82) is 0 Å². The van der Waals surface area contributed by atoms with Gasteiger partial charge in [0.05, 0.1) is 13.2 Å². The van der Waals surface area contributed by atoms with Gasteiger partial charge >= 0.3 is 0 Å². The first-order valence-electron chi connectivity index (χ1n) is 5.70. The fourth-order valence-corrected chi connectivity index (χ4v) is 1.31. The van der Waals surface area contributed by atoms with Gasteiger partial charge in [-0.2, -0.15) is 4.98 Å². The van der Waals surface area contributed by atoms with E-state index in [4.69, 9.17) is 9.47 Å². The molecule has 0 aliphatic carbocycles. The predicted octanol–water partition coefficient (Wildman–Crippen LogP) is 2.32. The van der Waals surface area contributed by atoms with Crippen molar-refractivity contribution in [2.24, 2.45) is 0 Å². The van der Waals surface area contributed by atoms with Crippen molar-refractivity contribution in [2.45, 2.75) is 26.8 Å². The van der Waals surface area contributed by atoms with Gasteiger partial charge in [0, 0.05) is 18.7 Å². The van der Waals surface area contributed by atoms with Crippen LogP contribution in [-0.2, 0) is 4.74 Å². The summed E-state index contributed by atoms with van der Waals surface area (Å²) in [6, 6.07) is 5.94. The summed E-state index contributed by atoms with van der Waals surface area (Å²) in [6.45, 7) is 8.03. The lowest BCUT2D eigenvalue weighted by molar-refractivity contribution is 0.141. The average Bonchev–Trinajstić information content (AvgIpc) is 2.27. The van der Waals surface area contributed by atoms with Crippen molar-refractivity contribution in [3.8, 4) is 5.88 Å². The summed E-state index contributed by atoms with van der Waals surface area (Å²) in [5.41, 5.74) is 0. The van der Waals surface area contributed by atoms with Crippen LogP contribution in [0.2, 0.25) is 0 Å². The van der Waals surface area contributed by atoms with Crippen molar-refractivity contribution in [3.63, 3.8) is 0 Å². The minimum absolute atomic E-state index is 0.240. The van der Waals surface area contributed by atoms with E-state index in [1.165, 1.54) is 0 Å². The van der Waals surface area contributed by atoms with Gasteiger partial charge in [0.1, 0.15) is 5.82 Å². The molecule has 1 atom stereocenters. The third-order valence-electron chi connectivity index (χ3n) is 1.98. The van der Waals surface area contributed by atoms with Crippen LogP contribution < -0.4 is 10.1 Å². The van der Waals surface area contributed by atoms with E-state index in [1.54, 1.807) is 0 Å². The predicted molar refractivity (Wildman–Crippen MR) is 65.0 cm³/mol. The Bertz CT molecular complexity index is 305. The van der Waals surface area contributed by atoms with Crippen LogP contribution in [0.25, 0.3) is 0 Å². The van der Waals surface area contributed by atoms with Crippen molar-refractivity contribution in [2.75, 3.05) is 25.1 Å². The highest BCUT2D eigenvalue weighted by molar-refractivity contribution is 5.37. The van der Waals surface area contributed by atoms with Crippen LogP contribution in [0.5, 0.6) is 5.88 Å². The van der Waals surface area contributed by atoms with Crippen molar-refractivity contribution < 1.29 is 9.47 Å². The Labute approximate surface area is 97.0 Å². The molecule has 16 heavy (non-hydrogen) atoms. The van der Waals surface area contributed by atoms with Crippen LogP contribution in [0.4, 0.5) is 5.82 Å². The number of nitrogens with one attached hydrogen (secondary N) is 1. The van der Waals surface area contributed by atoms with Gasteiger partial charge in [-0.1, -0.05) is 6.07 Å². The molecule has 0 aliphatic heterocycles. The quantitative estimate of drug-likeness (QED) is 0.772. The second-order valence-electron chi connectivity index (χ2n) is 3.50. The fraction of sp³-hybridized carbons (Fsp3) is 0.583. The van der Waals surface area contributed by atoms with Crippen LogP contribution in [0.15, 0.2) is 18.2 Å². The zero-order valence-corrected chi connectivity index (χ0v) is 10.2. The van der Waals surface area contributed by atoms with Crippen molar-refractivity contribution in [3.05, 3.63) is 18.2 Å². The van der Waals surface area contributed by atoms with Gasteiger partial charge in [-0.25, -0.2) is 0 Å². The van der Waals surface area contributed by atoms with Gasteiger partial charge in [-0.3, -0.25) is 0 Å². The molecule has 0 aromatic carbocycles. The molecular weight excluding hydrogens is 204 g/mol. The second-order valence-corrected chi connectivity index (χ2v) is 3.50. The van der Waals surface area contributed by atoms with E-state index in [9.17, 15) is 0 Å². The fourth-order valence-electron chi connectivity index (χ4n) is 1.31. The van der Waals surface area contributed by atoms with Crippen LogP contribution in [-0.4, -0.2) is 30.8 Å². The second kappa shape index (κ2) is 7.06. The number of hydrogen-bond acceptors (Lipinski definition) is 4. The number of pyridine rings is 1. The van der Waals surface area contributed by atoms with E-state index in [2.05, 4.69) is 17.2 Å². The Morgan fingerprint density at radius 2 is 2.12 bits per heavy atom. The molecule has 1 aromatic rings. The van der Waals surface area contributed by atoms with E-state index < -0.39 is 0 Å². The topological polar surface area (TPSA) is 43.4 Å². The number of anilines is 1. The maximum absolute atomic E-state index is 5.33. The summed E-state index contributed by atoms with van der Waals surface area (Å²) in [7, 11) is 0. The van der Waals surface area contributed by atoms with Gasteiger partial charge < -0.3 is 14.8 Å². The molecule has 1 heterocycles. The molecule has 1 unspecified atom stereocenters. The lowest BCUT2D eigenvalue weighted by atomic mass is 10.3. The molecular formula is C12H20N2O2. The Hall–Kier alpha value is -1.29. The number of hydrogen-bond donors (Lipinski definition) is 1. The van der Waals surface area contributed by atoms with Crippen LogP contribution >= 0.6 is 0 Å². The van der Waals surface area contributed by atoms with Crippen LogP contribution in [0.3, 0.4) is 0 Å². The smallest absolute Gasteiger partial charge is 0.215 e. The van der Waals surface area contributed by atoms with E-state index in [-0.39, 0.29) is 6.04 Å². The summed E-state index contributed by atoms with van der Waals surface area (Å²) < 4.78 is 10.7. The number of ether oxygens (including phenoxy) is 2. The molecule has 0 aliphatic rings. The van der Waals surface area contributed by atoms with E-state index >= 15 is 0 Å². The highest BCUT2D eigenvalue weighted by Crippen LogP contribution is 2.12. The highest BCUT2D eigenvalue weighted by Gasteiger charge is 2.03. The largest absolute Gasteiger partial charge is 0.478 e. The summed E-state index contributed by atoms with van der Waals surface area (Å²) >= 11 is 0. The third kappa shape index (κ3) is 4.49. The summed E-state index contributed by atoms with van der Waals surface area (Å²) in [4.78, 5) is 4.32. The van der Waals surface area contributed by atoms with E-state index in [0.29, 0.717) is 19.1 Å². The molecule has 0 saturated heterocycles. The third-order valence-corrected chi connectivity index (χ3v) is 1.98. The molecule has 0 saturated carbocycles. The number of rotatable bonds is 7. The van der Waals surface area contributed by atoms with Gasteiger partial charge in [-0.05, 0) is 26.8 Å². The Morgan fingerprint density at radius 3 is 2.81 bits per heavy atom. The number of nitrogens with zero attached hydrogens (tertiary/aromatic N) is 1. The van der Waals surface area contributed by atoms with Gasteiger partial charge in [0.2, 0.25) is 5.88 Å². The van der Waals surface area contributed by atoms with Gasteiger partial charge in [-0.15, -0.1) is 0 Å². The molecule has 0 radical (unpaired) electrons. The summed E-state index contributed by atoms with van der Waals surface area (Å²) in [5.74, 6) is 1.47. The molecule has 0 fully saturated rings. The average molecular weight is 224 g/mol. The molecule has 4 heteroatoms. The van der Waals surface area contributed by atoms with Crippen LogP contribution in [0, 0.1) is 0 Å². The van der Waals surface area contributed by atoms with Crippen LogP contribution in [0.1, 0.15) is 20.8 Å². The summed E-state index contributed by atoms with van der Waals surface area (Å²) in [5, 5.41) is 3.26. The minimum atomic E-state index is 0.240. The van der Waals surface area contributed by atoms with Crippen molar-refractivity contribution in [1.82, 2.24) is 4.98 Å². The lowest BCUT2D eigenvalue weighted by Crippen LogP contribution is -2.22. The maximum atomic E-state index is 5.33. The molecule has 1 rings (SSSR count). The first kappa shape index (κ1) is 12.8. The molecule has 0 bridgehead atoms. The van der Waals surface area contributed by atoms with E-state index in [0.717, 1.165) is 12.4 Å². The molecule has 90 valence electrons. The van der Waals surface area contributed by atoms with Crippen molar-refractivity contribution >= 4 is 5.82 Å². The molecule has 0 spiro atoms. The molecule has 1 aromatic heterocycles. The zero-order chi connectivity index (χ0) is 11.8.